The van der Waals surface area contributed by atoms with Crippen LogP contribution in [0.25, 0.3) is 0 Å². The van der Waals surface area contributed by atoms with E-state index in [4.69, 9.17) is 32.7 Å². The first-order chi connectivity index (χ1) is 18.0. The minimum atomic E-state index is -3.90. The van der Waals surface area contributed by atoms with Gasteiger partial charge in [-0.25, -0.2) is 8.42 Å². The summed E-state index contributed by atoms with van der Waals surface area (Å²) in [5.74, 6) is -0.160. The molecule has 0 heterocycles. The zero-order valence-corrected chi connectivity index (χ0v) is 24.6. The van der Waals surface area contributed by atoms with Gasteiger partial charge in [-0.05, 0) is 42.7 Å². The number of anilines is 1. The lowest BCUT2D eigenvalue weighted by Gasteiger charge is -2.33. The number of benzene rings is 2. The number of hydrogen-bond donors (Lipinski definition) is 1. The molecule has 0 aromatic heterocycles. The van der Waals surface area contributed by atoms with Crippen LogP contribution in [0.4, 0.5) is 5.69 Å². The molecule has 2 aromatic carbocycles. The van der Waals surface area contributed by atoms with Crippen molar-refractivity contribution in [3.63, 3.8) is 0 Å². The van der Waals surface area contributed by atoms with Gasteiger partial charge in [-0.3, -0.25) is 13.9 Å². The molecule has 0 aliphatic carbocycles. The van der Waals surface area contributed by atoms with Crippen LogP contribution < -0.4 is 19.1 Å². The van der Waals surface area contributed by atoms with Crippen molar-refractivity contribution >= 4 is 50.7 Å². The molecule has 38 heavy (non-hydrogen) atoms. The molecule has 0 aliphatic rings. The van der Waals surface area contributed by atoms with Crippen LogP contribution in [0.1, 0.15) is 38.7 Å². The number of halogens is 2. The number of sulfonamides is 1. The molecule has 1 N–H and O–H groups in total. The predicted octanol–water partition coefficient (Wildman–Crippen LogP) is 4.50. The van der Waals surface area contributed by atoms with Gasteiger partial charge in [-0.15, -0.1) is 0 Å². The smallest absolute Gasteiger partial charge is 0.244 e. The number of nitrogens with zero attached hydrogens (tertiary/aromatic N) is 2. The Hall–Kier alpha value is -2.69. The van der Waals surface area contributed by atoms with Crippen LogP contribution in [-0.2, 0) is 26.2 Å². The third kappa shape index (κ3) is 8.41. The van der Waals surface area contributed by atoms with Crippen molar-refractivity contribution in [2.24, 2.45) is 0 Å². The molecule has 12 heteroatoms. The third-order valence-electron chi connectivity index (χ3n) is 5.89. The van der Waals surface area contributed by atoms with Crippen molar-refractivity contribution in [3.05, 3.63) is 52.0 Å². The summed E-state index contributed by atoms with van der Waals surface area (Å²) in [5, 5.41) is 3.54. The normalized spacial score (nSPS) is 12.0. The van der Waals surface area contributed by atoms with E-state index in [-0.39, 0.29) is 18.1 Å². The van der Waals surface area contributed by atoms with Crippen molar-refractivity contribution in [1.29, 1.82) is 0 Å². The Morgan fingerprint density at radius 1 is 1.00 bits per heavy atom. The summed E-state index contributed by atoms with van der Waals surface area (Å²) in [4.78, 5) is 28.2. The fraction of sp³-hybridized carbons (Fsp3) is 0.462. The second kappa shape index (κ2) is 14.5. The molecule has 1 unspecified atom stereocenters. The number of unbranched alkanes of at least 4 members (excludes halogenated alkanes) is 1. The highest BCUT2D eigenvalue weighted by Crippen LogP contribution is 2.32. The van der Waals surface area contributed by atoms with E-state index in [1.165, 1.54) is 31.3 Å². The van der Waals surface area contributed by atoms with Crippen LogP contribution in [0.2, 0.25) is 10.0 Å². The number of hydrogen-bond acceptors (Lipinski definition) is 6. The van der Waals surface area contributed by atoms with Crippen LogP contribution in [0.15, 0.2) is 36.4 Å². The van der Waals surface area contributed by atoms with Gasteiger partial charge in [0.2, 0.25) is 21.8 Å². The largest absolute Gasteiger partial charge is 0.493 e. The Labute approximate surface area is 235 Å². The fourth-order valence-electron chi connectivity index (χ4n) is 3.85. The molecule has 2 aromatic rings. The lowest BCUT2D eigenvalue weighted by Crippen LogP contribution is -2.52. The monoisotopic (exact) mass is 587 g/mol. The minimum Gasteiger partial charge on any atom is -0.493 e. The van der Waals surface area contributed by atoms with Crippen LogP contribution >= 0.6 is 23.2 Å². The Bertz CT molecular complexity index is 1230. The Kier molecular flexibility index (Phi) is 12.0. The molecule has 9 nitrogen and oxygen atoms in total. The van der Waals surface area contributed by atoms with Gasteiger partial charge < -0.3 is 19.7 Å². The average molecular weight is 589 g/mol. The summed E-state index contributed by atoms with van der Waals surface area (Å²) >= 11 is 12.2. The molecule has 0 aliphatic heterocycles. The molecule has 0 radical (unpaired) electrons. The van der Waals surface area contributed by atoms with E-state index in [0.29, 0.717) is 40.1 Å². The van der Waals surface area contributed by atoms with E-state index in [2.05, 4.69) is 5.32 Å². The Balaban J connectivity index is 2.48. The zero-order chi connectivity index (χ0) is 28.5. The van der Waals surface area contributed by atoms with Crippen molar-refractivity contribution in [1.82, 2.24) is 10.2 Å². The first-order valence-electron chi connectivity index (χ1n) is 12.2. The fourth-order valence-corrected chi connectivity index (χ4v) is 5.02. The van der Waals surface area contributed by atoms with Crippen molar-refractivity contribution in [2.75, 3.05) is 37.9 Å². The first-order valence-corrected chi connectivity index (χ1v) is 14.8. The molecule has 210 valence electrons. The van der Waals surface area contributed by atoms with Crippen molar-refractivity contribution < 1.29 is 27.5 Å². The zero-order valence-electron chi connectivity index (χ0n) is 22.3. The van der Waals surface area contributed by atoms with Crippen LogP contribution in [0, 0.1) is 0 Å². The van der Waals surface area contributed by atoms with Gasteiger partial charge in [0, 0.05) is 19.2 Å². The molecule has 2 amide bonds. The third-order valence-corrected chi connectivity index (χ3v) is 7.77. The van der Waals surface area contributed by atoms with Gasteiger partial charge in [0.05, 0.1) is 36.2 Å². The van der Waals surface area contributed by atoms with Gasteiger partial charge in [0.25, 0.3) is 0 Å². The number of ether oxygens (including phenoxy) is 2. The standard InChI is InChI=1S/C26H35Cl2N3O6S/c1-6-8-13-29-26(33)22(7-2)30(16-18-9-11-20(27)21(28)14-18)25(32)17-31(38(5,34)35)19-10-12-23(36-3)24(15-19)37-4/h9-12,14-15,22H,6-8,13,16-17H2,1-5H3,(H,29,33). The van der Waals surface area contributed by atoms with Gasteiger partial charge >= 0.3 is 0 Å². The first kappa shape index (κ1) is 31.5. The summed E-state index contributed by atoms with van der Waals surface area (Å²) in [6, 6.07) is 8.66. The van der Waals surface area contributed by atoms with E-state index in [1.54, 1.807) is 31.2 Å². The highest BCUT2D eigenvalue weighted by atomic mass is 35.5. The summed E-state index contributed by atoms with van der Waals surface area (Å²) < 4.78 is 37.1. The Morgan fingerprint density at radius 3 is 2.24 bits per heavy atom. The molecule has 0 saturated heterocycles. The number of carbonyl (C=O) groups excluding carboxylic acids is 2. The molecular weight excluding hydrogens is 553 g/mol. The maximum absolute atomic E-state index is 13.8. The molecule has 0 bridgehead atoms. The molecule has 0 fully saturated rings. The second-order valence-electron chi connectivity index (χ2n) is 8.65. The van der Waals surface area contributed by atoms with E-state index in [9.17, 15) is 18.0 Å². The van der Waals surface area contributed by atoms with Gasteiger partial charge in [0.15, 0.2) is 11.5 Å². The quantitative estimate of drug-likeness (QED) is 0.326. The summed E-state index contributed by atoms with van der Waals surface area (Å²) in [5.41, 5.74) is 0.859. The molecule has 0 spiro atoms. The lowest BCUT2D eigenvalue weighted by atomic mass is 10.1. The maximum atomic E-state index is 13.8. The van der Waals surface area contributed by atoms with Gasteiger partial charge in [0.1, 0.15) is 12.6 Å². The summed E-state index contributed by atoms with van der Waals surface area (Å²) in [6.45, 7) is 3.77. The molecular formula is C26H35Cl2N3O6S. The van der Waals surface area contributed by atoms with Gasteiger partial charge in [-0.1, -0.05) is 49.5 Å². The molecule has 0 saturated carbocycles. The van der Waals surface area contributed by atoms with Crippen molar-refractivity contribution in [2.45, 2.75) is 45.7 Å². The minimum absolute atomic E-state index is 0.0267. The van der Waals surface area contributed by atoms with Gasteiger partial charge in [-0.2, -0.15) is 0 Å². The number of carbonyl (C=O) groups is 2. The highest BCUT2D eigenvalue weighted by Gasteiger charge is 2.32. The summed E-state index contributed by atoms with van der Waals surface area (Å²) in [7, 11) is -1.00. The SMILES string of the molecule is CCCCNC(=O)C(CC)N(Cc1ccc(Cl)c(Cl)c1)C(=O)CN(c1ccc(OC)c(OC)c1)S(C)(=O)=O. The van der Waals surface area contributed by atoms with Crippen molar-refractivity contribution in [3.8, 4) is 11.5 Å². The molecule has 1 atom stereocenters. The predicted molar refractivity (Wildman–Crippen MR) is 151 cm³/mol. The number of rotatable bonds is 14. The topological polar surface area (TPSA) is 105 Å². The highest BCUT2D eigenvalue weighted by molar-refractivity contribution is 7.92. The van der Waals surface area contributed by atoms with Crippen LogP contribution in [0.3, 0.4) is 0 Å². The summed E-state index contributed by atoms with van der Waals surface area (Å²) in [6.07, 6.45) is 3.02. The second-order valence-corrected chi connectivity index (χ2v) is 11.4. The van der Waals surface area contributed by atoms with Crippen LogP contribution in [-0.4, -0.2) is 64.7 Å². The van der Waals surface area contributed by atoms with E-state index in [0.717, 1.165) is 23.4 Å². The number of methoxy groups -OCH3 is 2. The van der Waals surface area contributed by atoms with E-state index in [1.807, 2.05) is 6.92 Å². The van der Waals surface area contributed by atoms with E-state index >= 15 is 0 Å². The van der Waals surface area contributed by atoms with Crippen LogP contribution in [0.5, 0.6) is 11.5 Å². The lowest BCUT2D eigenvalue weighted by molar-refractivity contribution is -0.140. The number of amides is 2. The molecule has 2 rings (SSSR count). The Morgan fingerprint density at radius 2 is 1.68 bits per heavy atom. The average Bonchev–Trinajstić information content (AvgIpc) is 2.88. The van der Waals surface area contributed by atoms with E-state index < -0.39 is 28.5 Å². The number of nitrogens with one attached hydrogen (secondary N) is 1. The maximum Gasteiger partial charge on any atom is 0.244 e.